The second kappa shape index (κ2) is 12.2. The van der Waals surface area contributed by atoms with Crippen molar-refractivity contribution >= 4 is 24.1 Å². The summed E-state index contributed by atoms with van der Waals surface area (Å²) < 4.78 is 16.1. The molecule has 1 aromatic rings. The molecule has 0 atom stereocenters. The Hall–Kier alpha value is -3.10. The Labute approximate surface area is 226 Å². The van der Waals surface area contributed by atoms with Crippen LogP contribution in [0.2, 0.25) is 0 Å². The molecule has 0 spiro atoms. The van der Waals surface area contributed by atoms with Crippen molar-refractivity contribution in [3.63, 3.8) is 0 Å². The molecule has 0 unspecified atom stereocenters. The van der Waals surface area contributed by atoms with Gasteiger partial charge in [-0.05, 0) is 110 Å². The van der Waals surface area contributed by atoms with Crippen LogP contribution in [0, 0.1) is 5.41 Å². The van der Waals surface area contributed by atoms with Crippen molar-refractivity contribution in [2.45, 2.75) is 118 Å². The SMILES string of the molecule is CC(C)Oc1ccc(C2CCC(C)(CC(=O)N(C(=O)NC(=O)OC(C)(C)C)C(=O)OC(C)(C)C)CC2)cc1. The zero-order chi connectivity index (χ0) is 28.9. The van der Waals surface area contributed by atoms with Crippen LogP contribution >= 0.6 is 0 Å². The number of nitrogens with zero attached hydrogens (tertiary/aromatic N) is 1. The highest BCUT2D eigenvalue weighted by molar-refractivity contribution is 6.11. The fourth-order valence-corrected chi connectivity index (χ4v) is 4.41. The number of carbonyl (C=O) groups excluding carboxylic acids is 4. The number of imide groups is 4. The third-order valence-corrected chi connectivity index (χ3v) is 6.13. The first kappa shape index (κ1) is 31.1. The highest BCUT2D eigenvalue weighted by Crippen LogP contribution is 2.45. The lowest BCUT2D eigenvalue weighted by molar-refractivity contribution is -0.130. The summed E-state index contributed by atoms with van der Waals surface area (Å²) in [4.78, 5) is 51.6. The first-order chi connectivity index (χ1) is 17.4. The van der Waals surface area contributed by atoms with Crippen LogP contribution in [0.3, 0.4) is 0 Å². The summed E-state index contributed by atoms with van der Waals surface area (Å²) in [5.74, 6) is 0.460. The standard InChI is InChI=1S/C29H44N2O7/c1-19(2)36-22-12-10-20(11-13-22)21-14-16-29(9,17-15-21)18-23(32)31(26(35)38-28(6,7)8)24(33)30-25(34)37-27(3,4)5/h10-13,19,21H,14-18H2,1-9H3,(H,30,33,34). The maximum absolute atomic E-state index is 13.3. The highest BCUT2D eigenvalue weighted by atomic mass is 16.6. The minimum absolute atomic E-state index is 0.0398. The number of alkyl carbamates (subject to hydrolysis) is 1. The van der Waals surface area contributed by atoms with Gasteiger partial charge in [0.25, 0.3) is 0 Å². The summed E-state index contributed by atoms with van der Waals surface area (Å²) in [6, 6.07) is 6.94. The van der Waals surface area contributed by atoms with Crippen molar-refractivity contribution in [2.75, 3.05) is 0 Å². The van der Waals surface area contributed by atoms with Gasteiger partial charge in [0.15, 0.2) is 0 Å². The molecule has 1 aliphatic rings. The minimum Gasteiger partial charge on any atom is -0.491 e. The molecule has 9 heteroatoms. The lowest BCUT2D eigenvalue weighted by Gasteiger charge is -2.38. The maximum Gasteiger partial charge on any atom is 0.425 e. The smallest absolute Gasteiger partial charge is 0.425 e. The van der Waals surface area contributed by atoms with Crippen LogP contribution in [-0.4, -0.2) is 46.3 Å². The second-order valence-electron chi connectivity index (χ2n) is 12.6. The van der Waals surface area contributed by atoms with Crippen LogP contribution in [0.5, 0.6) is 5.75 Å². The van der Waals surface area contributed by atoms with Crippen molar-refractivity contribution in [1.29, 1.82) is 0 Å². The molecule has 1 N–H and O–H groups in total. The molecule has 0 bridgehead atoms. The Bertz CT molecular complexity index is 995. The van der Waals surface area contributed by atoms with Gasteiger partial charge in [0.1, 0.15) is 17.0 Å². The predicted molar refractivity (Wildman–Crippen MR) is 144 cm³/mol. The third-order valence-electron chi connectivity index (χ3n) is 6.13. The fourth-order valence-electron chi connectivity index (χ4n) is 4.41. The molecule has 1 aromatic carbocycles. The van der Waals surface area contributed by atoms with Crippen LogP contribution < -0.4 is 10.1 Å². The van der Waals surface area contributed by atoms with E-state index in [0.29, 0.717) is 10.8 Å². The predicted octanol–water partition coefficient (Wildman–Crippen LogP) is 6.94. The zero-order valence-electron chi connectivity index (χ0n) is 24.3. The average Bonchev–Trinajstić information content (AvgIpc) is 2.71. The highest BCUT2D eigenvalue weighted by Gasteiger charge is 2.40. The second-order valence-corrected chi connectivity index (χ2v) is 12.6. The molecule has 5 amide bonds. The van der Waals surface area contributed by atoms with E-state index in [-0.39, 0.29) is 12.5 Å². The molecular weight excluding hydrogens is 488 g/mol. The van der Waals surface area contributed by atoms with E-state index in [1.165, 1.54) is 5.56 Å². The van der Waals surface area contributed by atoms with Gasteiger partial charge in [-0.3, -0.25) is 4.79 Å². The van der Waals surface area contributed by atoms with E-state index in [0.717, 1.165) is 31.4 Å². The number of urea groups is 1. The first-order valence-corrected chi connectivity index (χ1v) is 13.2. The maximum atomic E-state index is 13.3. The Morgan fingerprint density at radius 2 is 1.47 bits per heavy atom. The number of rotatable bonds is 5. The van der Waals surface area contributed by atoms with Crippen LogP contribution in [-0.2, 0) is 14.3 Å². The number of nitrogens with one attached hydrogen (secondary N) is 1. The third kappa shape index (κ3) is 9.99. The average molecular weight is 533 g/mol. The number of ether oxygens (including phenoxy) is 3. The molecule has 1 fully saturated rings. The molecule has 9 nitrogen and oxygen atoms in total. The van der Waals surface area contributed by atoms with Gasteiger partial charge in [-0.1, -0.05) is 19.1 Å². The van der Waals surface area contributed by atoms with E-state index in [1.54, 1.807) is 41.5 Å². The molecule has 212 valence electrons. The van der Waals surface area contributed by atoms with E-state index in [4.69, 9.17) is 14.2 Å². The Morgan fingerprint density at radius 3 is 1.95 bits per heavy atom. The summed E-state index contributed by atoms with van der Waals surface area (Å²) in [6.45, 7) is 15.8. The van der Waals surface area contributed by atoms with E-state index < -0.39 is 40.7 Å². The van der Waals surface area contributed by atoms with E-state index in [9.17, 15) is 19.2 Å². The van der Waals surface area contributed by atoms with Gasteiger partial charge in [-0.15, -0.1) is 0 Å². The molecule has 1 aliphatic carbocycles. The number of amides is 5. The summed E-state index contributed by atoms with van der Waals surface area (Å²) in [5, 5.41) is 1.97. The van der Waals surface area contributed by atoms with Gasteiger partial charge >= 0.3 is 18.2 Å². The number of carbonyl (C=O) groups is 4. The molecule has 38 heavy (non-hydrogen) atoms. The summed E-state index contributed by atoms with van der Waals surface area (Å²) in [6.07, 6.45) is 1.09. The Kier molecular flexibility index (Phi) is 9.97. The van der Waals surface area contributed by atoms with Crippen LogP contribution in [0.4, 0.5) is 14.4 Å². The number of benzene rings is 1. The quantitative estimate of drug-likeness (QED) is 0.437. The van der Waals surface area contributed by atoms with Gasteiger partial charge in [0.2, 0.25) is 5.91 Å². The summed E-state index contributed by atoms with van der Waals surface area (Å²) >= 11 is 0. The van der Waals surface area contributed by atoms with Crippen LogP contribution in [0.25, 0.3) is 0 Å². The molecule has 2 rings (SSSR count). The van der Waals surface area contributed by atoms with Gasteiger partial charge < -0.3 is 14.2 Å². The molecule has 1 saturated carbocycles. The van der Waals surface area contributed by atoms with E-state index in [2.05, 4.69) is 12.1 Å². The first-order valence-electron chi connectivity index (χ1n) is 13.2. The van der Waals surface area contributed by atoms with Crippen molar-refractivity contribution < 1.29 is 33.4 Å². The lowest BCUT2D eigenvalue weighted by atomic mass is 9.68. The largest absolute Gasteiger partial charge is 0.491 e. The Balaban J connectivity index is 2.09. The summed E-state index contributed by atoms with van der Waals surface area (Å²) in [5.41, 5.74) is -0.999. The number of hydrogen-bond acceptors (Lipinski definition) is 7. The van der Waals surface area contributed by atoms with Gasteiger partial charge in [0, 0.05) is 6.42 Å². The van der Waals surface area contributed by atoms with Gasteiger partial charge in [-0.25, -0.2) is 19.7 Å². The molecular formula is C29H44N2O7. The summed E-state index contributed by atoms with van der Waals surface area (Å²) in [7, 11) is 0. The van der Waals surface area contributed by atoms with Crippen LogP contribution in [0.1, 0.15) is 106 Å². The molecule has 0 heterocycles. The monoisotopic (exact) mass is 532 g/mol. The van der Waals surface area contributed by atoms with Crippen molar-refractivity contribution in [1.82, 2.24) is 10.2 Å². The molecule has 0 aromatic heterocycles. The zero-order valence-corrected chi connectivity index (χ0v) is 24.3. The van der Waals surface area contributed by atoms with Crippen molar-refractivity contribution in [3.05, 3.63) is 29.8 Å². The van der Waals surface area contributed by atoms with E-state index in [1.807, 2.05) is 38.2 Å². The normalized spacial score (nSPS) is 19.9. The van der Waals surface area contributed by atoms with Crippen molar-refractivity contribution in [3.8, 4) is 5.75 Å². The van der Waals surface area contributed by atoms with Gasteiger partial charge in [-0.2, -0.15) is 4.90 Å². The van der Waals surface area contributed by atoms with Crippen molar-refractivity contribution in [2.24, 2.45) is 5.41 Å². The number of hydrogen-bond donors (Lipinski definition) is 1. The topological polar surface area (TPSA) is 111 Å². The fraction of sp³-hybridized carbons (Fsp3) is 0.655. The lowest BCUT2D eigenvalue weighted by Crippen LogP contribution is -2.52. The Morgan fingerprint density at radius 1 is 0.947 bits per heavy atom. The molecule has 0 radical (unpaired) electrons. The molecule has 0 saturated heterocycles. The minimum atomic E-state index is -1.19. The van der Waals surface area contributed by atoms with E-state index >= 15 is 0 Å². The van der Waals surface area contributed by atoms with Crippen LogP contribution in [0.15, 0.2) is 24.3 Å². The molecule has 0 aliphatic heterocycles. The van der Waals surface area contributed by atoms with Gasteiger partial charge in [0.05, 0.1) is 6.10 Å².